The highest BCUT2D eigenvalue weighted by atomic mass is 16.5. The fraction of sp³-hybridized carbons (Fsp3) is 0.333. The van der Waals surface area contributed by atoms with Gasteiger partial charge in [-0.1, -0.05) is 0 Å². The second kappa shape index (κ2) is 3.05. The van der Waals surface area contributed by atoms with Crippen molar-refractivity contribution < 1.29 is 14.9 Å². The van der Waals surface area contributed by atoms with Gasteiger partial charge in [-0.15, -0.1) is 0 Å². The zero-order valence-electron chi connectivity index (χ0n) is 5.98. The van der Waals surface area contributed by atoms with E-state index in [1.54, 1.807) is 6.92 Å². The van der Waals surface area contributed by atoms with Crippen LogP contribution in [0.15, 0.2) is 6.20 Å². The first-order chi connectivity index (χ1) is 5.24. The van der Waals surface area contributed by atoms with Crippen LogP contribution in [-0.4, -0.2) is 26.8 Å². The number of rotatable bonds is 2. The monoisotopic (exact) mass is 156 g/mol. The van der Waals surface area contributed by atoms with Crippen LogP contribution < -0.4 is 4.74 Å². The summed E-state index contributed by atoms with van der Waals surface area (Å²) < 4.78 is 4.91. The van der Waals surface area contributed by atoms with E-state index in [4.69, 9.17) is 14.9 Å². The SMILES string of the molecule is CCOc1cnc(O)nc1O. The van der Waals surface area contributed by atoms with Gasteiger partial charge in [0.15, 0.2) is 5.75 Å². The van der Waals surface area contributed by atoms with Crippen LogP contribution >= 0.6 is 0 Å². The highest BCUT2D eigenvalue weighted by Gasteiger charge is 2.04. The largest absolute Gasteiger partial charge is 0.490 e. The molecule has 1 aromatic rings. The second-order valence-corrected chi connectivity index (χ2v) is 1.79. The van der Waals surface area contributed by atoms with Gasteiger partial charge in [-0.2, -0.15) is 9.97 Å². The van der Waals surface area contributed by atoms with Crippen molar-refractivity contribution in [1.29, 1.82) is 0 Å². The maximum Gasteiger partial charge on any atom is 0.317 e. The van der Waals surface area contributed by atoms with Crippen molar-refractivity contribution >= 4 is 0 Å². The fourth-order valence-corrected chi connectivity index (χ4v) is 0.610. The van der Waals surface area contributed by atoms with Crippen LogP contribution in [-0.2, 0) is 0 Å². The number of ether oxygens (including phenoxy) is 1. The molecule has 0 bridgehead atoms. The number of hydrogen-bond donors (Lipinski definition) is 2. The molecule has 0 saturated carbocycles. The third-order valence-electron chi connectivity index (χ3n) is 1.02. The summed E-state index contributed by atoms with van der Waals surface area (Å²) in [6.45, 7) is 2.19. The Hall–Kier alpha value is -1.52. The minimum atomic E-state index is -0.467. The first-order valence-electron chi connectivity index (χ1n) is 3.11. The maximum atomic E-state index is 8.99. The molecule has 0 fully saturated rings. The summed E-state index contributed by atoms with van der Waals surface area (Å²) in [6, 6.07) is -0.467. The average molecular weight is 156 g/mol. The van der Waals surface area contributed by atoms with Crippen LogP contribution in [0.2, 0.25) is 0 Å². The molecule has 0 aliphatic carbocycles. The molecule has 0 amide bonds. The molecule has 0 radical (unpaired) electrons. The number of aromatic hydroxyl groups is 2. The molecule has 0 atom stereocenters. The van der Waals surface area contributed by atoms with Gasteiger partial charge in [0.25, 0.3) is 5.88 Å². The lowest BCUT2D eigenvalue weighted by Crippen LogP contribution is -1.93. The molecule has 1 aromatic heterocycles. The van der Waals surface area contributed by atoms with Crippen molar-refractivity contribution in [2.24, 2.45) is 0 Å². The van der Waals surface area contributed by atoms with E-state index in [2.05, 4.69) is 9.97 Å². The molecular weight excluding hydrogens is 148 g/mol. The van der Waals surface area contributed by atoms with E-state index >= 15 is 0 Å². The zero-order valence-corrected chi connectivity index (χ0v) is 5.98. The quantitative estimate of drug-likeness (QED) is 0.643. The summed E-state index contributed by atoms with van der Waals surface area (Å²) in [7, 11) is 0. The lowest BCUT2D eigenvalue weighted by atomic mass is 10.5. The lowest BCUT2D eigenvalue weighted by molar-refractivity contribution is 0.303. The van der Waals surface area contributed by atoms with Crippen molar-refractivity contribution in [3.05, 3.63) is 6.20 Å². The summed E-state index contributed by atoms with van der Waals surface area (Å²) in [4.78, 5) is 6.69. The molecule has 0 spiro atoms. The van der Waals surface area contributed by atoms with Crippen LogP contribution in [0, 0.1) is 0 Å². The van der Waals surface area contributed by atoms with Crippen LogP contribution in [0.3, 0.4) is 0 Å². The zero-order chi connectivity index (χ0) is 8.27. The minimum Gasteiger partial charge on any atom is -0.490 e. The molecule has 60 valence electrons. The Balaban J connectivity index is 2.90. The van der Waals surface area contributed by atoms with Gasteiger partial charge in [-0.05, 0) is 6.92 Å². The summed E-state index contributed by atoms with van der Waals surface area (Å²) >= 11 is 0. The van der Waals surface area contributed by atoms with E-state index in [1.165, 1.54) is 6.20 Å². The molecule has 0 unspecified atom stereocenters. The Bertz CT molecular complexity index is 252. The van der Waals surface area contributed by atoms with Crippen molar-refractivity contribution in [3.63, 3.8) is 0 Å². The van der Waals surface area contributed by atoms with Crippen LogP contribution in [0.4, 0.5) is 0 Å². The van der Waals surface area contributed by atoms with Gasteiger partial charge in [0.2, 0.25) is 0 Å². The van der Waals surface area contributed by atoms with Crippen molar-refractivity contribution in [2.75, 3.05) is 6.61 Å². The Labute approximate surface area is 63.3 Å². The first kappa shape index (κ1) is 7.59. The molecule has 2 N–H and O–H groups in total. The molecule has 0 saturated heterocycles. The predicted molar refractivity (Wildman–Crippen MR) is 36.5 cm³/mol. The molecule has 5 nitrogen and oxygen atoms in total. The first-order valence-corrected chi connectivity index (χ1v) is 3.11. The average Bonchev–Trinajstić information content (AvgIpc) is 1.95. The molecule has 5 heteroatoms. The normalized spacial score (nSPS) is 9.55. The van der Waals surface area contributed by atoms with Gasteiger partial charge in [0.05, 0.1) is 12.8 Å². The highest BCUT2D eigenvalue weighted by Crippen LogP contribution is 2.22. The van der Waals surface area contributed by atoms with Gasteiger partial charge in [0.1, 0.15) is 0 Å². The van der Waals surface area contributed by atoms with Crippen molar-refractivity contribution in [3.8, 4) is 17.6 Å². The Morgan fingerprint density at radius 1 is 1.55 bits per heavy atom. The summed E-state index contributed by atoms with van der Waals surface area (Å²) in [5, 5.41) is 17.7. The number of nitrogens with zero attached hydrogens (tertiary/aromatic N) is 2. The maximum absolute atomic E-state index is 8.99. The smallest absolute Gasteiger partial charge is 0.317 e. The van der Waals surface area contributed by atoms with E-state index < -0.39 is 6.01 Å². The molecule has 11 heavy (non-hydrogen) atoms. The fourth-order valence-electron chi connectivity index (χ4n) is 0.610. The third-order valence-corrected chi connectivity index (χ3v) is 1.02. The lowest BCUT2D eigenvalue weighted by Gasteiger charge is -2.02. The van der Waals surface area contributed by atoms with Gasteiger partial charge >= 0.3 is 6.01 Å². The number of hydrogen-bond acceptors (Lipinski definition) is 5. The predicted octanol–water partition coefficient (Wildman–Crippen LogP) is 0.286. The van der Waals surface area contributed by atoms with E-state index in [9.17, 15) is 0 Å². The van der Waals surface area contributed by atoms with E-state index in [-0.39, 0.29) is 11.6 Å². The molecule has 0 aliphatic heterocycles. The standard InChI is InChI=1S/C6H8N2O3/c1-2-11-4-3-7-6(10)8-5(4)9/h3H,2H2,1H3,(H2,7,8,9,10). The van der Waals surface area contributed by atoms with Gasteiger partial charge in [0, 0.05) is 0 Å². The van der Waals surface area contributed by atoms with Gasteiger partial charge < -0.3 is 14.9 Å². The number of aromatic nitrogens is 2. The molecule has 0 aliphatic rings. The highest BCUT2D eigenvalue weighted by molar-refractivity contribution is 5.29. The van der Waals surface area contributed by atoms with Crippen LogP contribution in [0.5, 0.6) is 17.6 Å². The van der Waals surface area contributed by atoms with Gasteiger partial charge in [-0.3, -0.25) is 0 Å². The van der Waals surface area contributed by atoms with E-state index in [0.717, 1.165) is 0 Å². The third kappa shape index (κ3) is 1.70. The molecule has 0 aromatic carbocycles. The van der Waals surface area contributed by atoms with Crippen LogP contribution in [0.1, 0.15) is 6.92 Å². The van der Waals surface area contributed by atoms with Crippen LogP contribution in [0.25, 0.3) is 0 Å². The Morgan fingerprint density at radius 3 is 2.82 bits per heavy atom. The second-order valence-electron chi connectivity index (χ2n) is 1.79. The van der Waals surface area contributed by atoms with Crippen molar-refractivity contribution in [2.45, 2.75) is 6.92 Å². The summed E-state index contributed by atoms with van der Waals surface area (Å²) in [6.07, 6.45) is 1.21. The van der Waals surface area contributed by atoms with E-state index in [1.807, 2.05) is 0 Å². The topological polar surface area (TPSA) is 75.5 Å². The Kier molecular flexibility index (Phi) is 2.10. The Morgan fingerprint density at radius 2 is 2.27 bits per heavy atom. The van der Waals surface area contributed by atoms with Gasteiger partial charge in [-0.25, -0.2) is 0 Å². The summed E-state index contributed by atoms with van der Waals surface area (Å²) in [5.74, 6) is -0.176. The summed E-state index contributed by atoms with van der Waals surface area (Å²) in [5.41, 5.74) is 0. The molecular formula is C6H8N2O3. The molecule has 1 rings (SSSR count). The van der Waals surface area contributed by atoms with E-state index in [0.29, 0.717) is 6.61 Å². The molecule has 1 heterocycles. The van der Waals surface area contributed by atoms with Crippen molar-refractivity contribution in [1.82, 2.24) is 9.97 Å². The minimum absolute atomic E-state index is 0.172.